The molecule has 3 heterocycles. The van der Waals surface area contributed by atoms with Crippen molar-refractivity contribution in [3.8, 4) is 0 Å². The van der Waals surface area contributed by atoms with Gasteiger partial charge in [0.25, 0.3) is 0 Å². The minimum atomic E-state index is -0.295. The number of hydrogen-bond acceptors (Lipinski definition) is 5. The first-order valence-corrected chi connectivity index (χ1v) is 8.77. The average molecular weight is 346 g/mol. The summed E-state index contributed by atoms with van der Waals surface area (Å²) in [5.41, 5.74) is 1.11. The molecule has 0 atom stereocenters. The Balaban J connectivity index is 0.000000146. The van der Waals surface area contributed by atoms with Gasteiger partial charge in [-0.1, -0.05) is 44.2 Å². The first-order chi connectivity index (χ1) is 12.2. The molecular weight excluding hydrogens is 320 g/mol. The Kier molecular flexibility index (Phi) is 6.64. The highest BCUT2D eigenvalue weighted by Gasteiger charge is 2.22. The molecule has 0 bridgehead atoms. The molecule has 2 aliphatic heterocycles. The topological polar surface area (TPSA) is 50.1 Å². The zero-order valence-electron chi connectivity index (χ0n) is 14.8. The molecule has 0 saturated carbocycles. The Hall–Kier alpha value is -1.66. The van der Waals surface area contributed by atoms with Gasteiger partial charge in [-0.3, -0.25) is 0 Å². The van der Waals surface area contributed by atoms with Crippen LogP contribution >= 0.6 is 0 Å². The molecule has 1 aromatic heterocycles. The second-order valence-electron chi connectivity index (χ2n) is 6.63. The average Bonchev–Trinajstić information content (AvgIpc) is 3.19. The highest BCUT2D eigenvalue weighted by molar-refractivity contribution is 5.16. The molecule has 4 rings (SSSR count). The van der Waals surface area contributed by atoms with Gasteiger partial charge in [0.15, 0.2) is 12.1 Å². The van der Waals surface area contributed by atoms with E-state index in [4.69, 9.17) is 23.4 Å². The van der Waals surface area contributed by atoms with Crippen LogP contribution in [0, 0.1) is 11.8 Å². The van der Waals surface area contributed by atoms with Crippen molar-refractivity contribution in [2.45, 2.75) is 26.4 Å². The van der Waals surface area contributed by atoms with E-state index in [1.54, 1.807) is 6.26 Å². The first kappa shape index (κ1) is 18.1. The van der Waals surface area contributed by atoms with Crippen molar-refractivity contribution in [1.82, 2.24) is 0 Å². The Morgan fingerprint density at radius 3 is 1.76 bits per heavy atom. The molecule has 5 heteroatoms. The third kappa shape index (κ3) is 5.41. The Morgan fingerprint density at radius 1 is 0.680 bits per heavy atom. The number of benzene rings is 1. The smallest absolute Gasteiger partial charge is 0.217 e. The van der Waals surface area contributed by atoms with Crippen LogP contribution in [0.15, 0.2) is 53.1 Å². The molecule has 136 valence electrons. The van der Waals surface area contributed by atoms with Crippen molar-refractivity contribution >= 4 is 0 Å². The molecule has 2 saturated heterocycles. The fourth-order valence-electron chi connectivity index (χ4n) is 2.59. The van der Waals surface area contributed by atoms with E-state index >= 15 is 0 Å². The third-order valence-corrected chi connectivity index (χ3v) is 3.98. The highest BCUT2D eigenvalue weighted by Crippen LogP contribution is 2.25. The molecule has 0 radical (unpaired) electrons. The zero-order valence-corrected chi connectivity index (χ0v) is 14.8. The van der Waals surface area contributed by atoms with Crippen LogP contribution < -0.4 is 0 Å². The first-order valence-electron chi connectivity index (χ1n) is 8.77. The molecular formula is C20H26O5. The summed E-state index contributed by atoms with van der Waals surface area (Å²) >= 11 is 0. The van der Waals surface area contributed by atoms with Crippen molar-refractivity contribution in [3.05, 3.63) is 60.1 Å². The van der Waals surface area contributed by atoms with E-state index in [1.165, 1.54) is 0 Å². The highest BCUT2D eigenvalue weighted by atomic mass is 16.7. The normalized spacial score (nSPS) is 29.5. The van der Waals surface area contributed by atoms with Crippen molar-refractivity contribution in [2.24, 2.45) is 11.8 Å². The van der Waals surface area contributed by atoms with Gasteiger partial charge in [0.05, 0.1) is 32.7 Å². The Labute approximate surface area is 148 Å². The number of rotatable bonds is 2. The van der Waals surface area contributed by atoms with Crippen LogP contribution in [-0.4, -0.2) is 26.4 Å². The number of furan rings is 1. The summed E-state index contributed by atoms with van der Waals surface area (Å²) in [6.07, 6.45) is 1.17. The number of hydrogen-bond donors (Lipinski definition) is 0. The SMILES string of the molecule is CC1COC(c2ccccc2)OC1.CC1COC(c2ccco2)OC1. The predicted octanol–water partition coefficient (Wildman–Crippen LogP) is 4.33. The van der Waals surface area contributed by atoms with E-state index in [0.717, 1.165) is 37.8 Å². The van der Waals surface area contributed by atoms with Crippen LogP contribution in [0.5, 0.6) is 0 Å². The summed E-state index contributed by atoms with van der Waals surface area (Å²) in [4.78, 5) is 0. The third-order valence-electron chi connectivity index (χ3n) is 3.98. The Morgan fingerprint density at radius 2 is 1.24 bits per heavy atom. The quantitative estimate of drug-likeness (QED) is 0.810. The Bertz CT molecular complexity index is 582. The monoisotopic (exact) mass is 346 g/mol. The van der Waals surface area contributed by atoms with Gasteiger partial charge in [0.1, 0.15) is 0 Å². The van der Waals surface area contributed by atoms with Crippen LogP contribution in [0.4, 0.5) is 0 Å². The molecule has 0 spiro atoms. The summed E-state index contributed by atoms with van der Waals surface area (Å²) in [7, 11) is 0. The molecule has 2 fully saturated rings. The molecule has 0 unspecified atom stereocenters. The van der Waals surface area contributed by atoms with Crippen LogP contribution in [0.2, 0.25) is 0 Å². The lowest BCUT2D eigenvalue weighted by Gasteiger charge is -2.27. The minimum Gasteiger partial charge on any atom is -0.464 e. The standard InChI is InChI=1S/C11H14O2.C9H12O3/c1-9-7-12-11(13-8-9)10-5-3-2-4-6-10;1-7-5-11-9(12-6-7)8-3-2-4-10-8/h2-6,9,11H,7-8H2,1H3;2-4,7,9H,5-6H2,1H3. The van der Waals surface area contributed by atoms with Crippen molar-refractivity contribution in [1.29, 1.82) is 0 Å². The van der Waals surface area contributed by atoms with Gasteiger partial charge in [-0.05, 0) is 12.1 Å². The van der Waals surface area contributed by atoms with Gasteiger partial charge in [-0.25, -0.2) is 0 Å². The van der Waals surface area contributed by atoms with E-state index in [9.17, 15) is 0 Å². The molecule has 2 aliphatic rings. The molecule has 0 amide bonds. The zero-order chi connectivity index (χ0) is 17.5. The van der Waals surface area contributed by atoms with Gasteiger partial charge in [0.2, 0.25) is 6.29 Å². The van der Waals surface area contributed by atoms with E-state index in [1.807, 2.05) is 42.5 Å². The van der Waals surface area contributed by atoms with Crippen molar-refractivity contribution in [2.75, 3.05) is 26.4 Å². The van der Waals surface area contributed by atoms with Gasteiger partial charge in [-0.2, -0.15) is 0 Å². The minimum absolute atomic E-state index is 0.155. The lowest BCUT2D eigenvalue weighted by molar-refractivity contribution is -0.210. The molecule has 0 N–H and O–H groups in total. The second-order valence-corrected chi connectivity index (χ2v) is 6.63. The molecule has 0 aliphatic carbocycles. The van der Waals surface area contributed by atoms with E-state index in [-0.39, 0.29) is 12.6 Å². The predicted molar refractivity (Wildman–Crippen MR) is 92.8 cm³/mol. The fraction of sp³-hybridized carbons (Fsp3) is 0.500. The summed E-state index contributed by atoms with van der Waals surface area (Å²) in [5, 5.41) is 0. The molecule has 25 heavy (non-hydrogen) atoms. The van der Waals surface area contributed by atoms with E-state index in [2.05, 4.69) is 13.8 Å². The lowest BCUT2D eigenvalue weighted by atomic mass is 10.1. The van der Waals surface area contributed by atoms with Crippen LogP contribution in [-0.2, 0) is 18.9 Å². The molecule has 5 nitrogen and oxygen atoms in total. The summed E-state index contributed by atoms with van der Waals surface area (Å²) in [6.45, 7) is 7.29. The van der Waals surface area contributed by atoms with Crippen LogP contribution in [0.3, 0.4) is 0 Å². The van der Waals surface area contributed by atoms with Crippen molar-refractivity contribution < 1.29 is 23.4 Å². The van der Waals surface area contributed by atoms with Gasteiger partial charge < -0.3 is 23.4 Å². The van der Waals surface area contributed by atoms with Gasteiger partial charge >= 0.3 is 0 Å². The maximum absolute atomic E-state index is 5.55. The lowest BCUT2D eigenvalue weighted by Crippen LogP contribution is -2.24. The number of ether oxygens (including phenoxy) is 4. The maximum Gasteiger partial charge on any atom is 0.217 e. The van der Waals surface area contributed by atoms with Crippen LogP contribution in [0.25, 0.3) is 0 Å². The largest absolute Gasteiger partial charge is 0.464 e. The fourth-order valence-corrected chi connectivity index (χ4v) is 2.59. The summed E-state index contributed by atoms with van der Waals surface area (Å²) in [6, 6.07) is 13.7. The molecule has 2 aromatic rings. The summed E-state index contributed by atoms with van der Waals surface area (Å²) < 4.78 is 27.1. The van der Waals surface area contributed by atoms with Gasteiger partial charge in [0, 0.05) is 17.4 Å². The van der Waals surface area contributed by atoms with E-state index < -0.39 is 0 Å². The summed E-state index contributed by atoms with van der Waals surface area (Å²) in [5.74, 6) is 1.75. The maximum atomic E-state index is 5.55. The molecule has 1 aromatic carbocycles. The van der Waals surface area contributed by atoms with E-state index in [0.29, 0.717) is 11.8 Å². The second kappa shape index (κ2) is 9.15. The van der Waals surface area contributed by atoms with Gasteiger partial charge in [-0.15, -0.1) is 0 Å². The van der Waals surface area contributed by atoms with Crippen LogP contribution in [0.1, 0.15) is 37.8 Å². The van der Waals surface area contributed by atoms with Crippen molar-refractivity contribution in [3.63, 3.8) is 0 Å².